The molecule has 0 radical (unpaired) electrons. The number of nitrogens with one attached hydrogen (secondary N) is 1. The molecule has 2 aromatic carbocycles. The topological polar surface area (TPSA) is 64.6 Å². The summed E-state index contributed by atoms with van der Waals surface area (Å²) in [6.07, 6.45) is 0. The molecule has 7 heteroatoms. The third kappa shape index (κ3) is 5.07. The first-order valence-corrected chi connectivity index (χ1v) is 8.14. The Morgan fingerprint density at radius 1 is 1.09 bits per heavy atom. The number of benzene rings is 2. The van der Waals surface area contributed by atoms with Crippen LogP contribution in [0.3, 0.4) is 0 Å². The molecule has 0 saturated carbocycles. The number of esters is 1. The Balaban J connectivity index is 1.93. The normalized spacial score (nSPS) is 10.0. The van der Waals surface area contributed by atoms with Gasteiger partial charge in [0.2, 0.25) is 0 Å². The summed E-state index contributed by atoms with van der Waals surface area (Å²) in [6.45, 7) is -0.376. The van der Waals surface area contributed by atoms with Gasteiger partial charge in [-0.3, -0.25) is 4.79 Å². The summed E-state index contributed by atoms with van der Waals surface area (Å²) in [6, 6.07) is 12.0. The maximum atomic E-state index is 12.0. The molecular formula is C16H13Br2NO4. The van der Waals surface area contributed by atoms with Crippen LogP contribution in [0, 0.1) is 0 Å². The Bertz CT molecular complexity index is 717. The molecule has 0 heterocycles. The standard InChI is InChI=1S/C16H13Br2NO4/c1-22-12-6-7-14(18)13(8-12)16(21)23-9-15(20)19-11-4-2-10(17)3-5-11/h2-8H,9H2,1H3,(H,19,20). The van der Waals surface area contributed by atoms with E-state index < -0.39 is 11.9 Å². The minimum absolute atomic E-state index is 0.292. The molecule has 1 N–H and O–H groups in total. The van der Waals surface area contributed by atoms with Crippen molar-refractivity contribution in [2.24, 2.45) is 0 Å². The highest BCUT2D eigenvalue weighted by Crippen LogP contribution is 2.23. The van der Waals surface area contributed by atoms with Crippen molar-refractivity contribution in [3.63, 3.8) is 0 Å². The second-order valence-electron chi connectivity index (χ2n) is 4.48. The number of carbonyl (C=O) groups is 2. The molecule has 0 aromatic heterocycles. The number of rotatable bonds is 5. The first-order valence-electron chi connectivity index (χ1n) is 6.55. The lowest BCUT2D eigenvalue weighted by molar-refractivity contribution is -0.119. The third-order valence-electron chi connectivity index (χ3n) is 2.86. The molecule has 0 fully saturated rings. The Morgan fingerprint density at radius 2 is 1.78 bits per heavy atom. The summed E-state index contributed by atoms with van der Waals surface area (Å²) in [5.41, 5.74) is 0.914. The summed E-state index contributed by atoms with van der Waals surface area (Å²) < 4.78 is 11.6. The van der Waals surface area contributed by atoms with Gasteiger partial charge in [-0.2, -0.15) is 0 Å². The van der Waals surface area contributed by atoms with Crippen molar-refractivity contribution in [2.45, 2.75) is 0 Å². The smallest absolute Gasteiger partial charge is 0.339 e. The number of ether oxygens (including phenoxy) is 2. The summed E-state index contributed by atoms with van der Waals surface area (Å²) in [5.74, 6) is -0.499. The van der Waals surface area contributed by atoms with Gasteiger partial charge >= 0.3 is 5.97 Å². The summed E-state index contributed by atoms with van der Waals surface area (Å²) in [4.78, 5) is 23.8. The van der Waals surface area contributed by atoms with Crippen molar-refractivity contribution in [1.82, 2.24) is 0 Å². The molecule has 0 atom stereocenters. The van der Waals surface area contributed by atoms with Crippen LogP contribution in [-0.2, 0) is 9.53 Å². The van der Waals surface area contributed by atoms with Gasteiger partial charge in [0.1, 0.15) is 5.75 Å². The summed E-state index contributed by atoms with van der Waals surface area (Å²) >= 11 is 6.58. The minimum atomic E-state index is -0.610. The van der Waals surface area contributed by atoms with E-state index in [-0.39, 0.29) is 6.61 Å². The van der Waals surface area contributed by atoms with Crippen LogP contribution in [0.4, 0.5) is 5.69 Å². The van der Waals surface area contributed by atoms with Crippen molar-refractivity contribution in [3.8, 4) is 5.75 Å². The molecule has 0 unspecified atom stereocenters. The lowest BCUT2D eigenvalue weighted by Crippen LogP contribution is -2.21. The number of halogens is 2. The van der Waals surface area contributed by atoms with E-state index in [9.17, 15) is 9.59 Å². The van der Waals surface area contributed by atoms with Crippen LogP contribution in [0.2, 0.25) is 0 Å². The molecule has 2 rings (SSSR count). The number of hydrogen-bond acceptors (Lipinski definition) is 4. The molecule has 23 heavy (non-hydrogen) atoms. The highest BCUT2D eigenvalue weighted by molar-refractivity contribution is 9.10. The van der Waals surface area contributed by atoms with Gasteiger partial charge in [-0.25, -0.2) is 4.79 Å². The van der Waals surface area contributed by atoms with Crippen LogP contribution in [0.1, 0.15) is 10.4 Å². The van der Waals surface area contributed by atoms with Crippen LogP contribution in [0.15, 0.2) is 51.4 Å². The van der Waals surface area contributed by atoms with Gasteiger partial charge in [0.05, 0.1) is 12.7 Å². The van der Waals surface area contributed by atoms with E-state index in [1.807, 2.05) is 0 Å². The Hall–Kier alpha value is -1.86. The maximum absolute atomic E-state index is 12.0. The predicted octanol–water partition coefficient (Wildman–Crippen LogP) is 4.02. The zero-order chi connectivity index (χ0) is 16.8. The fourth-order valence-electron chi connectivity index (χ4n) is 1.73. The van der Waals surface area contributed by atoms with Gasteiger partial charge in [0.15, 0.2) is 6.61 Å². The van der Waals surface area contributed by atoms with E-state index >= 15 is 0 Å². The lowest BCUT2D eigenvalue weighted by Gasteiger charge is -2.09. The van der Waals surface area contributed by atoms with Gasteiger partial charge in [-0.05, 0) is 58.4 Å². The van der Waals surface area contributed by atoms with Gasteiger partial charge in [0, 0.05) is 14.6 Å². The highest BCUT2D eigenvalue weighted by atomic mass is 79.9. The van der Waals surface area contributed by atoms with Gasteiger partial charge in [0.25, 0.3) is 5.91 Å². The lowest BCUT2D eigenvalue weighted by atomic mass is 10.2. The SMILES string of the molecule is COc1ccc(Br)c(C(=O)OCC(=O)Nc2ccc(Br)cc2)c1. The largest absolute Gasteiger partial charge is 0.497 e. The van der Waals surface area contributed by atoms with Crippen LogP contribution < -0.4 is 10.1 Å². The van der Waals surface area contributed by atoms with E-state index in [2.05, 4.69) is 37.2 Å². The van der Waals surface area contributed by atoms with E-state index in [4.69, 9.17) is 9.47 Å². The van der Waals surface area contributed by atoms with Crippen LogP contribution in [0.5, 0.6) is 5.75 Å². The first-order chi connectivity index (χ1) is 11.0. The monoisotopic (exact) mass is 441 g/mol. The van der Waals surface area contributed by atoms with Gasteiger partial charge in [-0.15, -0.1) is 0 Å². The average molecular weight is 443 g/mol. The Kier molecular flexibility index (Phi) is 6.18. The predicted molar refractivity (Wildman–Crippen MR) is 93.7 cm³/mol. The molecular weight excluding hydrogens is 430 g/mol. The average Bonchev–Trinajstić information content (AvgIpc) is 2.55. The molecule has 0 spiro atoms. The molecule has 5 nitrogen and oxygen atoms in total. The number of carbonyl (C=O) groups excluding carboxylic acids is 2. The number of methoxy groups -OCH3 is 1. The molecule has 0 aliphatic rings. The molecule has 1 amide bonds. The van der Waals surface area contributed by atoms with Gasteiger partial charge < -0.3 is 14.8 Å². The van der Waals surface area contributed by atoms with Crippen molar-refractivity contribution in [1.29, 1.82) is 0 Å². The second kappa shape index (κ2) is 8.12. The molecule has 0 saturated heterocycles. The Morgan fingerprint density at radius 3 is 2.43 bits per heavy atom. The van der Waals surface area contributed by atoms with Crippen molar-refractivity contribution >= 4 is 49.4 Å². The second-order valence-corrected chi connectivity index (χ2v) is 6.25. The Labute approximate surface area is 150 Å². The van der Waals surface area contributed by atoms with Crippen LogP contribution in [-0.4, -0.2) is 25.6 Å². The summed E-state index contributed by atoms with van der Waals surface area (Å²) in [7, 11) is 1.50. The molecule has 0 aliphatic heterocycles. The van der Waals surface area contributed by atoms with Crippen molar-refractivity contribution < 1.29 is 19.1 Å². The van der Waals surface area contributed by atoms with Crippen LogP contribution >= 0.6 is 31.9 Å². The number of anilines is 1. The van der Waals surface area contributed by atoms with E-state index in [0.29, 0.717) is 21.5 Å². The fraction of sp³-hybridized carbons (Fsp3) is 0.125. The highest BCUT2D eigenvalue weighted by Gasteiger charge is 2.14. The fourth-order valence-corrected chi connectivity index (χ4v) is 2.40. The minimum Gasteiger partial charge on any atom is -0.497 e. The first kappa shape index (κ1) is 17.5. The molecule has 120 valence electrons. The zero-order valence-corrected chi connectivity index (χ0v) is 15.3. The van der Waals surface area contributed by atoms with Gasteiger partial charge in [-0.1, -0.05) is 15.9 Å². The van der Waals surface area contributed by atoms with E-state index in [0.717, 1.165) is 4.47 Å². The van der Waals surface area contributed by atoms with E-state index in [1.54, 1.807) is 42.5 Å². The van der Waals surface area contributed by atoms with Crippen molar-refractivity contribution in [3.05, 3.63) is 57.0 Å². The van der Waals surface area contributed by atoms with Crippen LogP contribution in [0.25, 0.3) is 0 Å². The van der Waals surface area contributed by atoms with Crippen molar-refractivity contribution in [2.75, 3.05) is 19.0 Å². The maximum Gasteiger partial charge on any atom is 0.339 e. The molecule has 0 bridgehead atoms. The molecule has 2 aromatic rings. The number of amides is 1. The summed E-state index contributed by atoms with van der Waals surface area (Å²) in [5, 5.41) is 2.64. The quantitative estimate of drug-likeness (QED) is 0.710. The third-order valence-corrected chi connectivity index (χ3v) is 4.08. The van der Waals surface area contributed by atoms with E-state index in [1.165, 1.54) is 7.11 Å². The zero-order valence-electron chi connectivity index (χ0n) is 12.1. The number of hydrogen-bond donors (Lipinski definition) is 1. The molecule has 0 aliphatic carbocycles.